The van der Waals surface area contributed by atoms with Gasteiger partial charge in [-0.15, -0.1) is 0 Å². The van der Waals surface area contributed by atoms with Crippen LogP contribution in [0.15, 0.2) is 66.6 Å². The zero-order valence-electron chi connectivity index (χ0n) is 12.2. The monoisotopic (exact) mass is 309 g/mol. The zero-order valence-corrected chi connectivity index (χ0v) is 12.2. The first-order valence-corrected chi connectivity index (χ1v) is 7.14. The standard InChI is InChI=1S/C18H15NO4/c20-15(13-11-19-14-7-3-2-6-12(13)14)10-16(21)18(17(22)23)8-4-1-5-9-18/h1-8,10-11,19,21H,9H2,(H,22,23). The van der Waals surface area contributed by atoms with Crippen molar-refractivity contribution in [1.82, 2.24) is 4.98 Å². The summed E-state index contributed by atoms with van der Waals surface area (Å²) in [5, 5.41) is 20.5. The van der Waals surface area contributed by atoms with Crippen molar-refractivity contribution in [2.75, 3.05) is 0 Å². The molecule has 0 aliphatic heterocycles. The van der Waals surface area contributed by atoms with Gasteiger partial charge in [-0.2, -0.15) is 0 Å². The number of aromatic nitrogens is 1. The summed E-state index contributed by atoms with van der Waals surface area (Å²) in [6.07, 6.45) is 8.95. The van der Waals surface area contributed by atoms with Gasteiger partial charge in [-0.1, -0.05) is 42.5 Å². The molecule has 0 amide bonds. The van der Waals surface area contributed by atoms with Gasteiger partial charge in [0.05, 0.1) is 0 Å². The van der Waals surface area contributed by atoms with Crippen LogP contribution in [0.2, 0.25) is 0 Å². The number of aliphatic hydroxyl groups is 1. The lowest BCUT2D eigenvalue weighted by molar-refractivity contribution is -0.145. The summed E-state index contributed by atoms with van der Waals surface area (Å²) in [6.45, 7) is 0. The molecule has 0 fully saturated rings. The van der Waals surface area contributed by atoms with Crippen molar-refractivity contribution in [2.24, 2.45) is 5.41 Å². The molecule has 23 heavy (non-hydrogen) atoms. The zero-order chi connectivity index (χ0) is 16.4. The number of para-hydroxylation sites is 1. The molecule has 0 spiro atoms. The van der Waals surface area contributed by atoms with E-state index in [2.05, 4.69) is 4.98 Å². The Bertz CT molecular complexity index is 872. The van der Waals surface area contributed by atoms with E-state index in [4.69, 9.17) is 0 Å². The van der Waals surface area contributed by atoms with Gasteiger partial charge in [0, 0.05) is 28.7 Å². The number of carbonyl (C=O) groups is 2. The molecule has 0 saturated carbocycles. The Morgan fingerprint density at radius 1 is 1.17 bits per heavy atom. The van der Waals surface area contributed by atoms with Gasteiger partial charge in [-0.3, -0.25) is 9.59 Å². The molecule has 1 aliphatic carbocycles. The summed E-state index contributed by atoms with van der Waals surface area (Å²) in [4.78, 5) is 27.0. The van der Waals surface area contributed by atoms with E-state index in [0.717, 1.165) is 17.0 Å². The molecule has 116 valence electrons. The van der Waals surface area contributed by atoms with E-state index in [1.807, 2.05) is 18.2 Å². The van der Waals surface area contributed by atoms with E-state index in [0.29, 0.717) is 5.56 Å². The second kappa shape index (κ2) is 5.61. The molecule has 0 radical (unpaired) electrons. The minimum absolute atomic E-state index is 0.0995. The molecule has 1 atom stereocenters. The highest BCUT2D eigenvalue weighted by Gasteiger charge is 2.40. The van der Waals surface area contributed by atoms with Gasteiger partial charge in [-0.25, -0.2) is 0 Å². The normalized spacial score (nSPS) is 20.8. The van der Waals surface area contributed by atoms with Crippen LogP contribution in [0.3, 0.4) is 0 Å². The fourth-order valence-electron chi connectivity index (χ4n) is 2.68. The Morgan fingerprint density at radius 2 is 1.96 bits per heavy atom. The van der Waals surface area contributed by atoms with E-state index in [1.165, 1.54) is 6.08 Å². The molecule has 0 bridgehead atoms. The fraction of sp³-hybridized carbons (Fsp3) is 0.111. The topological polar surface area (TPSA) is 90.4 Å². The van der Waals surface area contributed by atoms with E-state index in [1.54, 1.807) is 30.5 Å². The van der Waals surface area contributed by atoms with Crippen LogP contribution in [-0.2, 0) is 4.79 Å². The van der Waals surface area contributed by atoms with E-state index in [9.17, 15) is 19.8 Å². The van der Waals surface area contributed by atoms with Crippen molar-refractivity contribution in [2.45, 2.75) is 6.42 Å². The Balaban J connectivity index is 2.00. The molecule has 1 heterocycles. The van der Waals surface area contributed by atoms with Crippen LogP contribution >= 0.6 is 0 Å². The number of carboxylic acids is 1. The summed E-state index contributed by atoms with van der Waals surface area (Å²) < 4.78 is 0. The smallest absolute Gasteiger partial charge is 0.321 e. The van der Waals surface area contributed by atoms with Crippen LogP contribution in [0.4, 0.5) is 0 Å². The first-order chi connectivity index (χ1) is 11.0. The van der Waals surface area contributed by atoms with Gasteiger partial charge in [0.1, 0.15) is 11.2 Å². The number of ketones is 1. The summed E-state index contributed by atoms with van der Waals surface area (Å²) in [5.74, 6) is -2.11. The average molecular weight is 309 g/mol. The number of benzene rings is 1. The molecule has 2 aromatic rings. The van der Waals surface area contributed by atoms with Gasteiger partial charge in [0.2, 0.25) is 0 Å². The molecule has 3 rings (SSSR count). The Kier molecular flexibility index (Phi) is 3.62. The lowest BCUT2D eigenvalue weighted by Gasteiger charge is -2.25. The van der Waals surface area contributed by atoms with Gasteiger partial charge in [0.15, 0.2) is 5.78 Å². The molecule has 5 nitrogen and oxygen atoms in total. The maximum atomic E-state index is 12.4. The maximum Gasteiger partial charge on any atom is 0.321 e. The lowest BCUT2D eigenvalue weighted by atomic mass is 9.79. The predicted molar refractivity (Wildman–Crippen MR) is 86.3 cm³/mol. The van der Waals surface area contributed by atoms with Gasteiger partial charge in [0.25, 0.3) is 0 Å². The number of nitrogens with one attached hydrogen (secondary N) is 1. The van der Waals surface area contributed by atoms with Crippen molar-refractivity contribution >= 4 is 22.7 Å². The van der Waals surface area contributed by atoms with E-state index in [-0.39, 0.29) is 6.42 Å². The molecule has 3 N–H and O–H groups in total. The quantitative estimate of drug-likeness (QED) is 0.459. The molecule has 0 saturated heterocycles. The number of allylic oxidation sites excluding steroid dienone is 4. The number of aromatic amines is 1. The van der Waals surface area contributed by atoms with E-state index >= 15 is 0 Å². The molecular weight excluding hydrogens is 294 g/mol. The molecular formula is C18H15NO4. The highest BCUT2D eigenvalue weighted by atomic mass is 16.4. The van der Waals surface area contributed by atoms with E-state index < -0.39 is 22.9 Å². The van der Waals surface area contributed by atoms with Crippen LogP contribution in [0.5, 0.6) is 0 Å². The third-order valence-corrected chi connectivity index (χ3v) is 4.03. The van der Waals surface area contributed by atoms with Crippen molar-refractivity contribution < 1.29 is 19.8 Å². The molecule has 5 heteroatoms. The summed E-state index contributed by atoms with van der Waals surface area (Å²) in [6, 6.07) is 7.28. The average Bonchev–Trinajstić information content (AvgIpc) is 2.99. The van der Waals surface area contributed by atoms with Crippen molar-refractivity contribution in [3.63, 3.8) is 0 Å². The number of hydrogen-bond acceptors (Lipinski definition) is 3. The van der Waals surface area contributed by atoms with Gasteiger partial charge < -0.3 is 15.2 Å². The SMILES string of the molecule is O=C(C=C(O)C1(C(=O)O)C=CC=CC1)c1c[nH]c2ccccc12. The first kappa shape index (κ1) is 14.8. The minimum atomic E-state index is -1.59. The Hall–Kier alpha value is -3.08. The van der Waals surface area contributed by atoms with Gasteiger partial charge in [-0.05, 0) is 12.5 Å². The summed E-state index contributed by atoms with van der Waals surface area (Å²) in [5.41, 5.74) is -0.392. The number of carbonyl (C=O) groups excluding carboxylic acids is 1. The summed E-state index contributed by atoms with van der Waals surface area (Å²) in [7, 11) is 0. The van der Waals surface area contributed by atoms with Crippen molar-refractivity contribution in [3.05, 3.63) is 72.2 Å². The fourth-order valence-corrected chi connectivity index (χ4v) is 2.68. The highest BCUT2D eigenvalue weighted by Crippen LogP contribution is 2.35. The minimum Gasteiger partial charge on any atom is -0.511 e. The second-order valence-electron chi connectivity index (χ2n) is 5.41. The largest absolute Gasteiger partial charge is 0.511 e. The van der Waals surface area contributed by atoms with Gasteiger partial charge >= 0.3 is 5.97 Å². The van der Waals surface area contributed by atoms with Crippen LogP contribution in [0, 0.1) is 5.41 Å². The third kappa shape index (κ3) is 2.46. The number of aliphatic hydroxyl groups excluding tert-OH is 1. The van der Waals surface area contributed by atoms with Crippen molar-refractivity contribution in [1.29, 1.82) is 0 Å². The highest BCUT2D eigenvalue weighted by molar-refractivity contribution is 6.13. The second-order valence-corrected chi connectivity index (χ2v) is 5.41. The predicted octanol–water partition coefficient (Wildman–Crippen LogP) is 3.38. The molecule has 1 aliphatic rings. The van der Waals surface area contributed by atoms with Crippen LogP contribution in [0.1, 0.15) is 16.8 Å². The van der Waals surface area contributed by atoms with Crippen LogP contribution in [-0.4, -0.2) is 26.9 Å². The maximum absolute atomic E-state index is 12.4. The number of aliphatic carboxylic acids is 1. The molecule has 1 unspecified atom stereocenters. The summed E-state index contributed by atoms with van der Waals surface area (Å²) >= 11 is 0. The number of hydrogen-bond donors (Lipinski definition) is 3. The molecule has 1 aromatic carbocycles. The Labute approximate surface area is 132 Å². The van der Waals surface area contributed by atoms with Crippen LogP contribution in [0.25, 0.3) is 10.9 Å². The number of rotatable bonds is 4. The third-order valence-electron chi connectivity index (χ3n) is 4.03. The van der Waals surface area contributed by atoms with Crippen molar-refractivity contribution in [3.8, 4) is 0 Å². The first-order valence-electron chi connectivity index (χ1n) is 7.14. The number of H-pyrrole nitrogens is 1. The number of fused-ring (bicyclic) bond motifs is 1. The van der Waals surface area contributed by atoms with Crippen LogP contribution < -0.4 is 0 Å². The molecule has 1 aromatic heterocycles. The Morgan fingerprint density at radius 3 is 2.65 bits per heavy atom. The number of carboxylic acid groups (broad SMARTS) is 1. The lowest BCUT2D eigenvalue weighted by Crippen LogP contribution is -2.32.